The van der Waals surface area contributed by atoms with Crippen LogP contribution in [0, 0.1) is 0 Å². The van der Waals surface area contributed by atoms with E-state index >= 15 is 0 Å². The number of rotatable bonds is 17. The zero-order valence-corrected chi connectivity index (χ0v) is 18.7. The van der Waals surface area contributed by atoms with Gasteiger partial charge in [0, 0.05) is 19.5 Å². The maximum Gasteiger partial charge on any atom is 0.631 e. The zero-order valence-electron chi connectivity index (χ0n) is 18.7. The maximum absolute atomic E-state index is 11.9. The van der Waals surface area contributed by atoms with Crippen molar-refractivity contribution >= 4 is 13.2 Å². The van der Waals surface area contributed by atoms with Crippen molar-refractivity contribution in [2.75, 3.05) is 13.1 Å². The molecule has 0 unspecified atom stereocenters. The molecule has 0 fully saturated rings. The van der Waals surface area contributed by atoms with E-state index in [1.807, 2.05) is 4.90 Å². The molecule has 166 valence electrons. The van der Waals surface area contributed by atoms with Gasteiger partial charge in [0.1, 0.15) is 0 Å². The van der Waals surface area contributed by atoms with Crippen molar-refractivity contribution < 1.29 is 19.9 Å². The largest absolute Gasteiger partial charge is 0.631 e. The average Bonchev–Trinajstić information content (AvgIpc) is 2.65. The summed E-state index contributed by atoms with van der Waals surface area (Å²) in [4.78, 5) is 13.8. The molecule has 0 heterocycles. The molecule has 0 bridgehead atoms. The Morgan fingerprint density at radius 3 is 1.54 bits per heavy atom. The van der Waals surface area contributed by atoms with Crippen LogP contribution in [-0.4, -0.2) is 46.3 Å². The molecule has 0 saturated carbocycles. The minimum atomic E-state index is -2.17. The van der Waals surface area contributed by atoms with E-state index in [0.717, 1.165) is 25.9 Å². The van der Waals surface area contributed by atoms with E-state index in [1.54, 1.807) is 0 Å². The lowest BCUT2D eigenvalue weighted by Gasteiger charge is -2.18. The summed E-state index contributed by atoms with van der Waals surface area (Å²) in [5, 5.41) is 21.5. The van der Waals surface area contributed by atoms with Crippen LogP contribution in [0.4, 0.5) is 0 Å². The average molecular weight is 399 g/mol. The Morgan fingerprint density at radius 1 is 0.714 bits per heavy atom. The van der Waals surface area contributed by atoms with Crippen LogP contribution in [0.25, 0.3) is 0 Å². The van der Waals surface area contributed by atoms with Crippen LogP contribution in [0.5, 0.6) is 0 Å². The molecular weight excluding hydrogens is 353 g/mol. The van der Waals surface area contributed by atoms with Gasteiger partial charge in [-0.3, -0.25) is 4.79 Å². The van der Waals surface area contributed by atoms with E-state index in [2.05, 4.69) is 32.9 Å². The Labute approximate surface area is 174 Å². The molecule has 0 aliphatic carbocycles. The van der Waals surface area contributed by atoms with E-state index in [0.29, 0.717) is 5.91 Å². The maximum atomic E-state index is 11.9. The topological polar surface area (TPSA) is 81.0 Å². The number of carbonyl (C=O) groups excluding carboxylic acids is 1. The summed E-state index contributed by atoms with van der Waals surface area (Å²) >= 11 is 0. The van der Waals surface area contributed by atoms with Gasteiger partial charge in [0.05, 0.1) is 0 Å². The molecule has 0 aromatic carbocycles. The summed E-state index contributed by atoms with van der Waals surface area (Å²) in [6.07, 6.45) is 22.5. The summed E-state index contributed by atoms with van der Waals surface area (Å²) in [6, 6.07) is 0. The lowest BCUT2D eigenvalue weighted by molar-refractivity contribution is -0.130. The first kappa shape index (κ1) is 29.4. The van der Waals surface area contributed by atoms with Crippen LogP contribution >= 0.6 is 0 Å². The lowest BCUT2D eigenvalue weighted by Crippen LogP contribution is -2.30. The SMILES string of the molecule is CCCCCCCC/C=C\CCCCCCCC(=O)N(CC)CC.OB(O)O. The van der Waals surface area contributed by atoms with Crippen molar-refractivity contribution in [1.82, 2.24) is 4.90 Å². The molecule has 0 radical (unpaired) electrons. The first-order valence-electron chi connectivity index (χ1n) is 11.5. The molecule has 0 aliphatic rings. The van der Waals surface area contributed by atoms with Gasteiger partial charge in [-0.2, -0.15) is 0 Å². The van der Waals surface area contributed by atoms with E-state index < -0.39 is 7.32 Å². The minimum Gasteiger partial charge on any atom is -0.402 e. The van der Waals surface area contributed by atoms with Crippen LogP contribution in [0.3, 0.4) is 0 Å². The Hall–Kier alpha value is -0.845. The smallest absolute Gasteiger partial charge is 0.402 e. The van der Waals surface area contributed by atoms with Gasteiger partial charge in [-0.25, -0.2) is 0 Å². The van der Waals surface area contributed by atoms with Gasteiger partial charge in [-0.05, 0) is 46.0 Å². The Balaban J connectivity index is 0. The number of amides is 1. The Morgan fingerprint density at radius 2 is 1.11 bits per heavy atom. The van der Waals surface area contributed by atoms with E-state index in [4.69, 9.17) is 15.1 Å². The predicted octanol–water partition coefficient (Wildman–Crippen LogP) is 4.84. The van der Waals surface area contributed by atoms with Crippen molar-refractivity contribution in [2.24, 2.45) is 0 Å². The van der Waals surface area contributed by atoms with Crippen molar-refractivity contribution in [3.63, 3.8) is 0 Å². The van der Waals surface area contributed by atoms with Crippen molar-refractivity contribution in [3.05, 3.63) is 12.2 Å². The van der Waals surface area contributed by atoms with E-state index in [-0.39, 0.29) is 0 Å². The van der Waals surface area contributed by atoms with Crippen LogP contribution in [0.1, 0.15) is 111 Å². The third kappa shape index (κ3) is 25.2. The molecule has 28 heavy (non-hydrogen) atoms. The molecule has 0 atom stereocenters. The Kier molecular flexibility index (Phi) is 25.4. The second kappa shape index (κ2) is 24.2. The van der Waals surface area contributed by atoms with Gasteiger partial charge in [0.25, 0.3) is 0 Å². The molecule has 0 saturated heterocycles. The van der Waals surface area contributed by atoms with Crippen molar-refractivity contribution in [3.8, 4) is 0 Å². The number of nitrogens with zero attached hydrogens (tertiary/aromatic N) is 1. The summed E-state index contributed by atoms with van der Waals surface area (Å²) in [7, 11) is -2.17. The normalized spacial score (nSPS) is 10.6. The third-order valence-corrected chi connectivity index (χ3v) is 4.77. The molecule has 3 N–H and O–H groups in total. The van der Waals surface area contributed by atoms with Crippen LogP contribution in [-0.2, 0) is 4.79 Å². The highest BCUT2D eigenvalue weighted by atomic mass is 16.5. The second-order valence-corrected chi connectivity index (χ2v) is 7.25. The number of carbonyl (C=O) groups is 1. The highest BCUT2D eigenvalue weighted by molar-refractivity contribution is 6.30. The Bertz CT molecular complexity index is 345. The zero-order chi connectivity index (χ0) is 21.5. The summed E-state index contributed by atoms with van der Waals surface area (Å²) < 4.78 is 0. The number of allylic oxidation sites excluding steroid dienone is 2. The van der Waals surface area contributed by atoms with Crippen molar-refractivity contribution in [1.29, 1.82) is 0 Å². The van der Waals surface area contributed by atoms with Gasteiger partial charge >= 0.3 is 7.32 Å². The molecule has 0 spiro atoms. The quantitative estimate of drug-likeness (QED) is 0.186. The standard InChI is InChI=1S/C22H43NO.BH3O3/c1-4-7-8-9-10-11-12-13-14-15-16-17-18-19-20-21-22(24)23(5-2)6-3;2-1(3)4/h13-14H,4-12,15-21H2,1-3H3;2-4H/b14-13-;. The molecule has 0 aliphatic heterocycles. The minimum absolute atomic E-state index is 0.331. The number of hydrogen-bond acceptors (Lipinski definition) is 4. The number of unbranched alkanes of at least 4 members (excludes halogenated alkanes) is 11. The van der Waals surface area contributed by atoms with Gasteiger partial charge in [0.15, 0.2) is 0 Å². The van der Waals surface area contributed by atoms with Gasteiger partial charge in [-0.1, -0.05) is 70.4 Å². The molecule has 0 aromatic heterocycles. The molecule has 0 rings (SSSR count). The first-order valence-corrected chi connectivity index (χ1v) is 11.5. The van der Waals surface area contributed by atoms with Gasteiger partial charge < -0.3 is 20.0 Å². The third-order valence-electron chi connectivity index (χ3n) is 4.77. The fourth-order valence-corrected chi connectivity index (χ4v) is 3.08. The fraction of sp³-hybridized carbons (Fsp3) is 0.864. The summed E-state index contributed by atoms with van der Waals surface area (Å²) in [5.41, 5.74) is 0. The second-order valence-electron chi connectivity index (χ2n) is 7.25. The number of hydrogen-bond donors (Lipinski definition) is 3. The van der Waals surface area contributed by atoms with E-state index in [1.165, 1.54) is 77.0 Å². The lowest BCUT2D eigenvalue weighted by atomic mass is 10.1. The van der Waals surface area contributed by atoms with Crippen molar-refractivity contribution in [2.45, 2.75) is 111 Å². The molecule has 1 amide bonds. The summed E-state index contributed by atoms with van der Waals surface area (Å²) in [5.74, 6) is 0.331. The summed E-state index contributed by atoms with van der Waals surface area (Å²) in [6.45, 7) is 8.08. The van der Waals surface area contributed by atoms with Gasteiger partial charge in [0.2, 0.25) is 5.91 Å². The monoisotopic (exact) mass is 399 g/mol. The fourth-order valence-electron chi connectivity index (χ4n) is 3.08. The van der Waals surface area contributed by atoms with Crippen LogP contribution in [0.15, 0.2) is 12.2 Å². The highest BCUT2D eigenvalue weighted by Crippen LogP contribution is 2.10. The van der Waals surface area contributed by atoms with E-state index in [9.17, 15) is 4.79 Å². The predicted molar refractivity (Wildman–Crippen MR) is 120 cm³/mol. The van der Waals surface area contributed by atoms with Crippen LogP contribution in [0.2, 0.25) is 0 Å². The van der Waals surface area contributed by atoms with Gasteiger partial charge in [-0.15, -0.1) is 0 Å². The molecule has 5 nitrogen and oxygen atoms in total. The molecule has 6 heteroatoms. The molecular formula is C22H46BNO4. The van der Waals surface area contributed by atoms with Crippen LogP contribution < -0.4 is 0 Å². The first-order chi connectivity index (χ1) is 13.5. The highest BCUT2D eigenvalue weighted by Gasteiger charge is 2.07. The molecule has 0 aromatic rings.